The van der Waals surface area contributed by atoms with Gasteiger partial charge in [0.05, 0.1) is 0 Å². The van der Waals surface area contributed by atoms with Crippen LogP contribution in [0.25, 0.3) is 0 Å². The molecule has 0 bridgehead atoms. The van der Waals surface area contributed by atoms with Crippen molar-refractivity contribution in [3.05, 3.63) is 85.0 Å². The van der Waals surface area contributed by atoms with Crippen LogP contribution in [0.4, 0.5) is 0 Å². The quantitative estimate of drug-likeness (QED) is 0.382. The molecular weight excluding hydrogens is 340 g/mol. The number of hydrogen-bond donors (Lipinski definition) is 0. The van der Waals surface area contributed by atoms with Gasteiger partial charge in [-0.1, -0.05) is 55.5 Å². The molecule has 0 aliphatic heterocycles. The Balaban J connectivity index is 2.37. The zero-order chi connectivity index (χ0) is 18.8. The Bertz CT molecular complexity index is 671. The van der Waals surface area contributed by atoms with Gasteiger partial charge in [-0.3, -0.25) is 0 Å². The van der Waals surface area contributed by atoms with E-state index >= 15 is 0 Å². The Morgan fingerprint density at radius 2 is 1.31 bits per heavy atom. The molecule has 0 saturated carbocycles. The van der Waals surface area contributed by atoms with Gasteiger partial charge in [0.2, 0.25) is 0 Å². The normalized spacial score (nSPS) is 11.0. The molecule has 0 amide bonds. The maximum Gasteiger partial charge on any atom is 0.631 e. The number of benzene rings is 2. The van der Waals surface area contributed by atoms with E-state index < -0.39 is 8.80 Å². The van der Waals surface area contributed by atoms with E-state index in [1.807, 2.05) is 60.7 Å². The smallest absolute Gasteiger partial charge is 0.492 e. The lowest BCUT2D eigenvalue weighted by Crippen LogP contribution is -2.51. The Morgan fingerprint density at radius 3 is 1.69 bits per heavy atom. The highest BCUT2D eigenvalue weighted by Crippen LogP contribution is 2.29. The third-order valence-corrected chi connectivity index (χ3v) is 6.87. The number of hydrogen-bond acceptors (Lipinski definition) is 3. The van der Waals surface area contributed by atoms with Crippen molar-refractivity contribution < 1.29 is 13.3 Å². The van der Waals surface area contributed by atoms with Gasteiger partial charge in [-0.25, -0.2) is 0 Å². The van der Waals surface area contributed by atoms with Crippen LogP contribution in [0.2, 0.25) is 6.04 Å². The maximum absolute atomic E-state index is 6.43. The van der Waals surface area contributed by atoms with Crippen LogP contribution in [-0.2, 0) is 17.3 Å². The highest BCUT2D eigenvalue weighted by molar-refractivity contribution is 6.62. The Kier molecular flexibility index (Phi) is 7.69. The summed E-state index contributed by atoms with van der Waals surface area (Å²) in [6.45, 7) is 9.78. The van der Waals surface area contributed by atoms with E-state index in [2.05, 4.69) is 20.1 Å². The van der Waals surface area contributed by atoms with Gasteiger partial charge in [0.1, 0.15) is 11.5 Å². The molecule has 2 rings (SSSR count). The van der Waals surface area contributed by atoms with Crippen molar-refractivity contribution in [2.45, 2.75) is 32.2 Å². The number of rotatable bonds is 11. The van der Waals surface area contributed by atoms with Crippen molar-refractivity contribution in [3.8, 4) is 11.5 Å². The lowest BCUT2D eigenvalue weighted by atomic mass is 10.1. The first-order valence-corrected chi connectivity index (χ1v) is 10.9. The third kappa shape index (κ3) is 5.10. The van der Waals surface area contributed by atoms with Gasteiger partial charge in [0.25, 0.3) is 0 Å². The molecule has 2 aromatic carbocycles. The minimum Gasteiger partial charge on any atom is -0.492 e. The van der Waals surface area contributed by atoms with Crippen LogP contribution in [0.5, 0.6) is 11.5 Å². The van der Waals surface area contributed by atoms with Crippen LogP contribution in [-0.4, -0.2) is 15.9 Å². The highest BCUT2D eigenvalue weighted by atomic mass is 28.4. The zero-order valence-corrected chi connectivity index (χ0v) is 16.7. The van der Waals surface area contributed by atoms with E-state index in [4.69, 9.17) is 13.3 Å². The standard InChI is InChI=1S/C22H28O3Si/c1-5-12-19-14-8-10-16-21(19)24-26(23-4,18-7-3)25-22-17-11-9-15-20(22)13-6-2/h5-6,8-11,14-17H,1-2,7,12-13,18H2,3-4H3. The molecule has 0 N–H and O–H groups in total. The Hall–Kier alpha value is -2.30. The molecule has 0 aromatic heterocycles. The van der Waals surface area contributed by atoms with Crippen molar-refractivity contribution in [1.82, 2.24) is 0 Å². The molecule has 0 fully saturated rings. The first-order chi connectivity index (χ1) is 12.7. The summed E-state index contributed by atoms with van der Waals surface area (Å²) < 4.78 is 18.8. The van der Waals surface area contributed by atoms with Gasteiger partial charge in [0, 0.05) is 13.2 Å². The largest absolute Gasteiger partial charge is 0.631 e. The molecule has 2 aromatic rings. The van der Waals surface area contributed by atoms with Crippen LogP contribution in [0.3, 0.4) is 0 Å². The Morgan fingerprint density at radius 1 is 0.846 bits per heavy atom. The summed E-state index contributed by atoms with van der Waals surface area (Å²) in [4.78, 5) is 0. The lowest BCUT2D eigenvalue weighted by Gasteiger charge is -2.30. The van der Waals surface area contributed by atoms with Gasteiger partial charge in [-0.05, 0) is 42.5 Å². The first kappa shape index (κ1) is 20.0. The van der Waals surface area contributed by atoms with Crippen LogP contribution < -0.4 is 8.85 Å². The molecule has 3 nitrogen and oxygen atoms in total. The fraction of sp³-hybridized carbons (Fsp3) is 0.273. The predicted octanol–water partition coefficient (Wildman–Crippen LogP) is 5.60. The summed E-state index contributed by atoms with van der Waals surface area (Å²) in [7, 11) is -1.27. The van der Waals surface area contributed by atoms with Gasteiger partial charge >= 0.3 is 8.80 Å². The topological polar surface area (TPSA) is 27.7 Å². The average molecular weight is 369 g/mol. The van der Waals surface area contributed by atoms with Crippen LogP contribution in [0.15, 0.2) is 73.8 Å². The molecule has 0 aliphatic carbocycles. The molecular formula is C22H28O3Si. The second-order valence-corrected chi connectivity index (χ2v) is 8.72. The first-order valence-electron chi connectivity index (χ1n) is 8.98. The molecule has 4 heteroatoms. The van der Waals surface area contributed by atoms with Gasteiger partial charge in [-0.2, -0.15) is 0 Å². The van der Waals surface area contributed by atoms with Gasteiger partial charge < -0.3 is 13.3 Å². The average Bonchev–Trinajstić information content (AvgIpc) is 2.65. The second-order valence-electron chi connectivity index (χ2n) is 6.04. The molecule has 26 heavy (non-hydrogen) atoms. The number of para-hydroxylation sites is 2. The minimum atomic E-state index is -2.94. The third-order valence-electron chi connectivity index (χ3n) is 4.07. The van der Waals surface area contributed by atoms with Gasteiger partial charge in [0.15, 0.2) is 0 Å². The maximum atomic E-state index is 6.43. The molecule has 0 spiro atoms. The Labute approximate surface area is 158 Å². The molecule has 0 heterocycles. The predicted molar refractivity (Wildman–Crippen MR) is 110 cm³/mol. The SMILES string of the molecule is C=CCc1ccccc1O[Si](CCC)(OC)Oc1ccccc1CC=C. The minimum absolute atomic E-state index is 0.731. The van der Waals surface area contributed by atoms with E-state index in [1.165, 1.54) is 0 Å². The number of allylic oxidation sites excluding steroid dienone is 2. The van der Waals surface area contributed by atoms with E-state index in [9.17, 15) is 0 Å². The van der Waals surface area contributed by atoms with Crippen LogP contribution in [0.1, 0.15) is 24.5 Å². The molecule has 0 radical (unpaired) electrons. The monoisotopic (exact) mass is 368 g/mol. The summed E-state index contributed by atoms with van der Waals surface area (Å²) >= 11 is 0. The van der Waals surface area contributed by atoms with E-state index in [0.29, 0.717) is 0 Å². The van der Waals surface area contributed by atoms with Crippen LogP contribution >= 0.6 is 0 Å². The lowest BCUT2D eigenvalue weighted by molar-refractivity contribution is 0.203. The van der Waals surface area contributed by atoms with Crippen molar-refractivity contribution in [3.63, 3.8) is 0 Å². The molecule has 0 unspecified atom stereocenters. The van der Waals surface area contributed by atoms with Crippen LogP contribution in [0, 0.1) is 0 Å². The fourth-order valence-corrected chi connectivity index (χ4v) is 5.10. The molecule has 138 valence electrons. The summed E-state index contributed by atoms with van der Waals surface area (Å²) in [6.07, 6.45) is 6.14. The molecule has 0 atom stereocenters. The van der Waals surface area contributed by atoms with Crippen molar-refractivity contribution in [2.24, 2.45) is 0 Å². The van der Waals surface area contributed by atoms with E-state index in [0.717, 1.165) is 47.9 Å². The molecule has 0 aliphatic rings. The van der Waals surface area contributed by atoms with Crippen molar-refractivity contribution in [2.75, 3.05) is 7.11 Å². The summed E-state index contributed by atoms with van der Waals surface area (Å²) in [5, 5.41) is 0. The zero-order valence-electron chi connectivity index (χ0n) is 15.7. The highest BCUT2D eigenvalue weighted by Gasteiger charge is 2.45. The van der Waals surface area contributed by atoms with Crippen molar-refractivity contribution in [1.29, 1.82) is 0 Å². The second kappa shape index (κ2) is 9.99. The summed E-state index contributed by atoms with van der Waals surface area (Å²) in [6, 6.07) is 16.7. The summed E-state index contributed by atoms with van der Waals surface area (Å²) in [5.41, 5.74) is 2.16. The van der Waals surface area contributed by atoms with Gasteiger partial charge in [-0.15, -0.1) is 13.2 Å². The van der Waals surface area contributed by atoms with Crippen molar-refractivity contribution >= 4 is 8.80 Å². The summed E-state index contributed by atoms with van der Waals surface area (Å²) in [5.74, 6) is 1.60. The van der Waals surface area contributed by atoms with E-state index in [1.54, 1.807) is 7.11 Å². The fourth-order valence-electron chi connectivity index (χ4n) is 2.80. The molecule has 0 saturated heterocycles. The van der Waals surface area contributed by atoms with E-state index in [-0.39, 0.29) is 0 Å².